The molecule has 0 atom stereocenters. The predicted molar refractivity (Wildman–Crippen MR) is 107 cm³/mol. The number of halogens is 1. The fraction of sp³-hybridized carbons (Fsp3) is 0.429. The molecular weight excluding hydrogens is 350 g/mol. The highest BCUT2D eigenvalue weighted by Crippen LogP contribution is 2.28. The molecule has 0 spiro atoms. The zero-order chi connectivity index (χ0) is 18.0. The molecule has 0 fully saturated rings. The highest BCUT2D eigenvalue weighted by Gasteiger charge is 2.08. The number of para-hydroxylation sites is 2. The van der Waals surface area contributed by atoms with Crippen molar-refractivity contribution >= 4 is 33.4 Å². The fourth-order valence-corrected chi connectivity index (χ4v) is 3.25. The lowest BCUT2D eigenvalue weighted by Gasteiger charge is -2.09. The van der Waals surface area contributed by atoms with Gasteiger partial charge in [-0.05, 0) is 18.6 Å². The number of nitrogens with zero attached hydrogens (tertiary/aromatic N) is 1. The second-order valence-electron chi connectivity index (χ2n) is 6.07. The topological polar surface area (TPSA) is 32.6 Å². The van der Waals surface area contributed by atoms with Gasteiger partial charge < -0.3 is 18.8 Å². The first-order valence-corrected chi connectivity index (χ1v) is 9.70. The van der Waals surface area contributed by atoms with Gasteiger partial charge in [0.25, 0.3) is 0 Å². The van der Waals surface area contributed by atoms with Crippen LogP contribution < -0.4 is 0 Å². The van der Waals surface area contributed by atoms with Crippen LogP contribution in [0.4, 0.5) is 0 Å². The molecule has 0 bridgehead atoms. The van der Waals surface area contributed by atoms with Crippen molar-refractivity contribution in [3.8, 4) is 0 Å². The van der Waals surface area contributed by atoms with E-state index in [2.05, 4.69) is 53.1 Å². The molecule has 0 N–H and O–H groups in total. The van der Waals surface area contributed by atoms with Gasteiger partial charge in [-0.2, -0.15) is 0 Å². The van der Waals surface area contributed by atoms with Gasteiger partial charge >= 0.3 is 0 Å². The number of hydrogen-bond donors (Lipinski definition) is 0. The van der Waals surface area contributed by atoms with Gasteiger partial charge in [-0.1, -0.05) is 36.4 Å². The van der Waals surface area contributed by atoms with Gasteiger partial charge in [0.15, 0.2) is 0 Å². The van der Waals surface area contributed by atoms with Gasteiger partial charge in [0.1, 0.15) is 0 Å². The number of ether oxygens (including phenoxy) is 3. The number of alkyl halides is 1. The summed E-state index contributed by atoms with van der Waals surface area (Å²) in [5, 5.41) is 2.59. The highest BCUT2D eigenvalue weighted by molar-refractivity contribution is 6.17. The summed E-state index contributed by atoms with van der Waals surface area (Å²) in [5.74, 6) is 0.542. The minimum Gasteiger partial charge on any atom is -0.380 e. The van der Waals surface area contributed by atoms with Gasteiger partial charge in [0.05, 0.1) is 26.4 Å². The number of benzene rings is 2. The van der Waals surface area contributed by atoms with Crippen LogP contribution in [-0.2, 0) is 20.8 Å². The van der Waals surface area contributed by atoms with Crippen molar-refractivity contribution < 1.29 is 14.2 Å². The first-order chi connectivity index (χ1) is 12.9. The van der Waals surface area contributed by atoms with Crippen molar-refractivity contribution in [1.29, 1.82) is 0 Å². The van der Waals surface area contributed by atoms with Crippen LogP contribution in [0.15, 0.2) is 48.5 Å². The van der Waals surface area contributed by atoms with Crippen LogP contribution in [0.3, 0.4) is 0 Å². The standard InChI is InChI=1S/C21H26ClNO3/c22-10-14-24-12-5-13-25-16-17-26-15-11-23-20-8-3-1-6-18(20)19-7-2-4-9-21(19)23/h1-4,6-9H,5,10-17H2. The van der Waals surface area contributed by atoms with Crippen molar-refractivity contribution in [3.63, 3.8) is 0 Å². The SMILES string of the molecule is ClCCOCCCOCCOCCn1c2ccccc2c2ccccc21. The normalized spacial score (nSPS) is 11.6. The molecule has 2 aromatic carbocycles. The molecule has 5 heteroatoms. The van der Waals surface area contributed by atoms with Crippen LogP contribution in [0.2, 0.25) is 0 Å². The summed E-state index contributed by atoms with van der Waals surface area (Å²) in [6, 6.07) is 17.1. The molecule has 0 amide bonds. The molecule has 0 unspecified atom stereocenters. The maximum Gasteiger partial charge on any atom is 0.0701 e. The minimum absolute atomic E-state index is 0.542. The summed E-state index contributed by atoms with van der Waals surface area (Å²) >= 11 is 5.54. The van der Waals surface area contributed by atoms with Crippen molar-refractivity contribution in [3.05, 3.63) is 48.5 Å². The monoisotopic (exact) mass is 375 g/mol. The van der Waals surface area contributed by atoms with Crippen molar-refractivity contribution in [2.75, 3.05) is 45.5 Å². The van der Waals surface area contributed by atoms with Gasteiger partial charge in [0, 0.05) is 47.4 Å². The molecule has 1 heterocycles. The van der Waals surface area contributed by atoms with Gasteiger partial charge in [0.2, 0.25) is 0 Å². The quantitative estimate of drug-likeness (QED) is 0.346. The lowest BCUT2D eigenvalue weighted by Crippen LogP contribution is -2.11. The predicted octanol–water partition coefficient (Wildman–Crippen LogP) is 4.47. The molecule has 0 aliphatic heterocycles. The summed E-state index contributed by atoms with van der Waals surface area (Å²) in [6.45, 7) is 4.72. The van der Waals surface area contributed by atoms with E-state index in [1.807, 2.05) is 0 Å². The molecule has 0 saturated heterocycles. The first kappa shape index (κ1) is 19.2. The van der Waals surface area contributed by atoms with E-state index in [1.165, 1.54) is 21.8 Å². The van der Waals surface area contributed by atoms with Crippen molar-refractivity contribution in [2.45, 2.75) is 13.0 Å². The summed E-state index contributed by atoms with van der Waals surface area (Å²) in [5.41, 5.74) is 2.51. The average Bonchev–Trinajstić information content (AvgIpc) is 3.00. The van der Waals surface area contributed by atoms with Gasteiger partial charge in [-0.15, -0.1) is 11.6 Å². The molecule has 1 aromatic heterocycles. The Morgan fingerprint density at radius 1 is 0.654 bits per heavy atom. The number of fused-ring (bicyclic) bond motifs is 3. The first-order valence-electron chi connectivity index (χ1n) is 9.17. The third-order valence-corrected chi connectivity index (χ3v) is 4.46. The van der Waals surface area contributed by atoms with E-state index in [9.17, 15) is 0 Å². The Bertz CT molecular complexity index is 749. The lowest BCUT2D eigenvalue weighted by atomic mass is 10.2. The minimum atomic E-state index is 0.542. The summed E-state index contributed by atoms with van der Waals surface area (Å²) in [4.78, 5) is 0. The maximum atomic E-state index is 5.76. The van der Waals surface area contributed by atoms with E-state index in [0.29, 0.717) is 45.5 Å². The van der Waals surface area contributed by atoms with E-state index in [0.717, 1.165) is 13.0 Å². The average molecular weight is 376 g/mol. The van der Waals surface area contributed by atoms with Gasteiger partial charge in [-0.3, -0.25) is 0 Å². The Kier molecular flexibility index (Phi) is 7.77. The Hall–Kier alpha value is -1.59. The zero-order valence-electron chi connectivity index (χ0n) is 15.0. The van der Waals surface area contributed by atoms with Crippen LogP contribution >= 0.6 is 11.6 Å². The third kappa shape index (κ3) is 4.98. The molecule has 3 rings (SSSR count). The second-order valence-corrected chi connectivity index (χ2v) is 6.44. The Balaban J connectivity index is 1.41. The van der Waals surface area contributed by atoms with E-state index in [-0.39, 0.29) is 0 Å². The zero-order valence-corrected chi connectivity index (χ0v) is 15.8. The molecule has 4 nitrogen and oxygen atoms in total. The van der Waals surface area contributed by atoms with Crippen LogP contribution in [-0.4, -0.2) is 50.1 Å². The Morgan fingerprint density at radius 3 is 1.81 bits per heavy atom. The molecule has 26 heavy (non-hydrogen) atoms. The van der Waals surface area contributed by atoms with Gasteiger partial charge in [-0.25, -0.2) is 0 Å². The summed E-state index contributed by atoms with van der Waals surface area (Å²) in [7, 11) is 0. The maximum absolute atomic E-state index is 5.76. The van der Waals surface area contributed by atoms with E-state index < -0.39 is 0 Å². The fourth-order valence-electron chi connectivity index (χ4n) is 3.14. The second kappa shape index (κ2) is 10.5. The molecule has 0 aliphatic rings. The highest BCUT2D eigenvalue weighted by atomic mass is 35.5. The molecule has 3 aromatic rings. The molecule has 140 valence electrons. The summed E-state index contributed by atoms with van der Waals surface area (Å²) < 4.78 is 18.9. The number of hydrogen-bond acceptors (Lipinski definition) is 3. The molecule has 0 saturated carbocycles. The van der Waals surface area contributed by atoms with E-state index >= 15 is 0 Å². The Morgan fingerprint density at radius 2 is 1.19 bits per heavy atom. The molecular formula is C21H26ClNO3. The van der Waals surface area contributed by atoms with Crippen LogP contribution in [0.5, 0.6) is 0 Å². The summed E-state index contributed by atoms with van der Waals surface area (Å²) in [6.07, 6.45) is 0.887. The molecule has 0 radical (unpaired) electrons. The van der Waals surface area contributed by atoms with Crippen molar-refractivity contribution in [1.82, 2.24) is 4.57 Å². The van der Waals surface area contributed by atoms with Crippen molar-refractivity contribution in [2.24, 2.45) is 0 Å². The third-order valence-electron chi connectivity index (χ3n) is 4.31. The number of aromatic nitrogens is 1. The van der Waals surface area contributed by atoms with Crippen LogP contribution in [0.25, 0.3) is 21.8 Å². The molecule has 0 aliphatic carbocycles. The lowest BCUT2D eigenvalue weighted by molar-refractivity contribution is 0.0351. The van der Waals surface area contributed by atoms with Crippen LogP contribution in [0, 0.1) is 0 Å². The number of rotatable bonds is 12. The Labute approximate surface area is 159 Å². The smallest absolute Gasteiger partial charge is 0.0701 e. The van der Waals surface area contributed by atoms with E-state index in [4.69, 9.17) is 25.8 Å². The largest absolute Gasteiger partial charge is 0.380 e. The van der Waals surface area contributed by atoms with E-state index in [1.54, 1.807) is 0 Å². The van der Waals surface area contributed by atoms with Crippen LogP contribution in [0.1, 0.15) is 6.42 Å².